The summed E-state index contributed by atoms with van der Waals surface area (Å²) in [6.45, 7) is 3.28. The normalized spacial score (nSPS) is 17.3. The number of amides is 1. The van der Waals surface area contributed by atoms with Crippen LogP contribution in [0, 0.1) is 5.41 Å². The molecule has 2 heterocycles. The maximum absolute atomic E-state index is 12.5. The van der Waals surface area contributed by atoms with Crippen molar-refractivity contribution in [3.63, 3.8) is 0 Å². The van der Waals surface area contributed by atoms with Crippen molar-refractivity contribution in [1.82, 2.24) is 20.3 Å². The molecule has 0 spiro atoms. The third-order valence-corrected chi connectivity index (χ3v) is 5.60. The summed E-state index contributed by atoms with van der Waals surface area (Å²) in [6.07, 6.45) is 9.62. The Morgan fingerprint density at radius 3 is 2.65 bits per heavy atom. The van der Waals surface area contributed by atoms with E-state index >= 15 is 0 Å². The van der Waals surface area contributed by atoms with Crippen molar-refractivity contribution in [3.05, 3.63) is 35.8 Å². The molecule has 26 heavy (non-hydrogen) atoms. The van der Waals surface area contributed by atoms with Crippen molar-refractivity contribution in [2.75, 3.05) is 18.4 Å². The molecule has 2 N–H and O–H groups in total. The Bertz CT molecular complexity index is 801. The zero-order valence-corrected chi connectivity index (χ0v) is 15.2. The Labute approximate surface area is 153 Å². The van der Waals surface area contributed by atoms with Crippen molar-refractivity contribution in [3.8, 4) is 11.4 Å². The van der Waals surface area contributed by atoms with Crippen LogP contribution in [-0.2, 0) is 17.6 Å². The summed E-state index contributed by atoms with van der Waals surface area (Å²) < 4.78 is 0. The number of carbonyl (C=O) groups excluding carboxylic acids is 1. The van der Waals surface area contributed by atoms with E-state index in [1.165, 1.54) is 5.56 Å². The summed E-state index contributed by atoms with van der Waals surface area (Å²) in [4.78, 5) is 26.1. The maximum atomic E-state index is 12.5. The predicted molar refractivity (Wildman–Crippen MR) is 101 cm³/mol. The van der Waals surface area contributed by atoms with E-state index < -0.39 is 0 Å². The number of carbonyl (C=O) groups is 1. The SMILES string of the molecule is CCNC(=O)C1(CNc2nc(-c3ccncc3)nc3c2CCC3)CCC1. The van der Waals surface area contributed by atoms with E-state index in [0.29, 0.717) is 13.1 Å². The second-order valence-corrected chi connectivity index (χ2v) is 7.26. The Morgan fingerprint density at radius 2 is 1.96 bits per heavy atom. The number of aromatic nitrogens is 3. The fourth-order valence-electron chi connectivity index (χ4n) is 3.90. The maximum Gasteiger partial charge on any atom is 0.227 e. The van der Waals surface area contributed by atoms with Gasteiger partial charge in [-0.1, -0.05) is 6.42 Å². The summed E-state index contributed by atoms with van der Waals surface area (Å²) in [5, 5.41) is 6.51. The van der Waals surface area contributed by atoms with Crippen molar-refractivity contribution < 1.29 is 4.79 Å². The summed E-state index contributed by atoms with van der Waals surface area (Å²) in [7, 11) is 0. The van der Waals surface area contributed by atoms with Gasteiger partial charge in [-0.15, -0.1) is 0 Å². The van der Waals surface area contributed by atoms with Crippen molar-refractivity contribution in [1.29, 1.82) is 0 Å². The molecule has 2 aromatic rings. The molecule has 0 unspecified atom stereocenters. The number of nitrogens with zero attached hydrogens (tertiary/aromatic N) is 3. The van der Waals surface area contributed by atoms with Gasteiger partial charge in [0.2, 0.25) is 5.91 Å². The Hall–Kier alpha value is -2.50. The van der Waals surface area contributed by atoms with Gasteiger partial charge in [-0.25, -0.2) is 9.97 Å². The number of hydrogen-bond acceptors (Lipinski definition) is 5. The van der Waals surface area contributed by atoms with Gasteiger partial charge in [0.1, 0.15) is 5.82 Å². The molecular weight excluding hydrogens is 326 g/mol. The van der Waals surface area contributed by atoms with Crippen LogP contribution in [0.2, 0.25) is 0 Å². The molecule has 4 rings (SSSR count). The van der Waals surface area contributed by atoms with Crippen LogP contribution < -0.4 is 10.6 Å². The van der Waals surface area contributed by atoms with Gasteiger partial charge in [-0.2, -0.15) is 0 Å². The van der Waals surface area contributed by atoms with Crippen molar-refractivity contribution in [2.45, 2.75) is 45.4 Å². The molecule has 136 valence electrons. The first-order chi connectivity index (χ1) is 12.7. The first-order valence-electron chi connectivity index (χ1n) is 9.54. The van der Waals surface area contributed by atoms with Gasteiger partial charge in [0.05, 0.1) is 5.41 Å². The van der Waals surface area contributed by atoms with Gasteiger partial charge in [0.15, 0.2) is 5.82 Å². The molecule has 1 saturated carbocycles. The molecular formula is C20H25N5O. The van der Waals surface area contributed by atoms with Crippen LogP contribution in [-0.4, -0.2) is 33.9 Å². The number of rotatable bonds is 6. The molecule has 0 bridgehead atoms. The van der Waals surface area contributed by atoms with E-state index in [1.807, 2.05) is 19.1 Å². The highest BCUT2D eigenvalue weighted by molar-refractivity contribution is 5.84. The van der Waals surface area contributed by atoms with Gasteiger partial charge in [-0.05, 0) is 51.2 Å². The minimum atomic E-state index is -0.288. The molecule has 0 aliphatic heterocycles. The van der Waals surface area contributed by atoms with Gasteiger partial charge >= 0.3 is 0 Å². The molecule has 0 aromatic carbocycles. The summed E-state index contributed by atoms with van der Waals surface area (Å²) in [6, 6.07) is 3.87. The molecule has 1 amide bonds. The van der Waals surface area contributed by atoms with Crippen LogP contribution in [0.1, 0.15) is 43.9 Å². The number of anilines is 1. The summed E-state index contributed by atoms with van der Waals surface area (Å²) in [5.41, 5.74) is 3.03. The summed E-state index contributed by atoms with van der Waals surface area (Å²) in [5.74, 6) is 1.80. The van der Waals surface area contributed by atoms with Crippen LogP contribution in [0.3, 0.4) is 0 Å². The molecule has 0 radical (unpaired) electrons. The van der Waals surface area contributed by atoms with Crippen molar-refractivity contribution in [2.24, 2.45) is 5.41 Å². The largest absolute Gasteiger partial charge is 0.369 e. The lowest BCUT2D eigenvalue weighted by Crippen LogP contribution is -2.50. The molecule has 0 saturated heterocycles. The average Bonchev–Trinajstić information content (AvgIpc) is 3.10. The smallest absolute Gasteiger partial charge is 0.227 e. The monoisotopic (exact) mass is 351 g/mol. The number of pyridine rings is 1. The first-order valence-corrected chi connectivity index (χ1v) is 9.54. The molecule has 2 aliphatic carbocycles. The van der Waals surface area contributed by atoms with E-state index in [0.717, 1.165) is 61.4 Å². The number of fused-ring (bicyclic) bond motifs is 1. The molecule has 2 aromatic heterocycles. The highest BCUT2D eigenvalue weighted by atomic mass is 16.2. The first kappa shape index (κ1) is 16.9. The highest BCUT2D eigenvalue weighted by Crippen LogP contribution is 2.41. The minimum Gasteiger partial charge on any atom is -0.369 e. The van der Waals surface area contributed by atoms with Crippen LogP contribution in [0.25, 0.3) is 11.4 Å². The average molecular weight is 351 g/mol. The zero-order valence-electron chi connectivity index (χ0n) is 15.2. The molecule has 2 aliphatic rings. The Kier molecular flexibility index (Phi) is 4.57. The lowest BCUT2D eigenvalue weighted by Gasteiger charge is -2.40. The highest BCUT2D eigenvalue weighted by Gasteiger charge is 2.43. The van der Waals surface area contributed by atoms with Crippen LogP contribution >= 0.6 is 0 Å². The van der Waals surface area contributed by atoms with Crippen molar-refractivity contribution >= 4 is 11.7 Å². The fraction of sp³-hybridized carbons (Fsp3) is 0.500. The van der Waals surface area contributed by atoms with E-state index in [1.54, 1.807) is 12.4 Å². The number of hydrogen-bond donors (Lipinski definition) is 2. The van der Waals surface area contributed by atoms with E-state index in [9.17, 15) is 4.79 Å². The standard InChI is InChI=1S/C20H25N5O/c1-2-22-19(26)20(9-4-10-20)13-23-18-15-5-3-6-16(15)24-17(25-18)14-7-11-21-12-8-14/h7-8,11-12H,2-6,9-10,13H2,1H3,(H,22,26)(H,23,24,25). The molecule has 0 atom stereocenters. The molecule has 6 nitrogen and oxygen atoms in total. The van der Waals surface area contributed by atoms with E-state index in [-0.39, 0.29) is 11.3 Å². The van der Waals surface area contributed by atoms with Crippen LogP contribution in [0.4, 0.5) is 5.82 Å². The zero-order chi connectivity index (χ0) is 18.0. The Morgan fingerprint density at radius 1 is 1.15 bits per heavy atom. The molecule has 6 heteroatoms. The van der Waals surface area contributed by atoms with Gasteiger partial charge in [0, 0.05) is 42.3 Å². The number of aryl methyl sites for hydroxylation is 1. The third-order valence-electron chi connectivity index (χ3n) is 5.60. The van der Waals surface area contributed by atoms with Gasteiger partial charge in [-0.3, -0.25) is 9.78 Å². The molecule has 1 fully saturated rings. The Balaban J connectivity index is 1.60. The lowest BCUT2D eigenvalue weighted by molar-refractivity contribution is -0.134. The fourth-order valence-corrected chi connectivity index (χ4v) is 3.90. The number of nitrogens with one attached hydrogen (secondary N) is 2. The quantitative estimate of drug-likeness (QED) is 0.836. The van der Waals surface area contributed by atoms with Crippen LogP contribution in [0.5, 0.6) is 0 Å². The van der Waals surface area contributed by atoms with Gasteiger partial charge < -0.3 is 10.6 Å². The van der Waals surface area contributed by atoms with Crippen LogP contribution in [0.15, 0.2) is 24.5 Å². The topological polar surface area (TPSA) is 79.8 Å². The third kappa shape index (κ3) is 3.04. The second-order valence-electron chi connectivity index (χ2n) is 7.26. The predicted octanol–water partition coefficient (Wildman–Crippen LogP) is 2.75. The van der Waals surface area contributed by atoms with E-state index in [2.05, 4.69) is 15.6 Å². The van der Waals surface area contributed by atoms with Gasteiger partial charge in [0.25, 0.3) is 0 Å². The van der Waals surface area contributed by atoms with E-state index in [4.69, 9.17) is 9.97 Å². The summed E-state index contributed by atoms with van der Waals surface area (Å²) >= 11 is 0. The second kappa shape index (κ2) is 7.02. The lowest BCUT2D eigenvalue weighted by atomic mass is 9.68. The minimum absolute atomic E-state index is 0.166.